The smallest absolute Gasteiger partial charge is 0.332 e. The van der Waals surface area contributed by atoms with Crippen molar-refractivity contribution in [2.24, 2.45) is 0 Å². The second-order valence-electron chi connectivity index (χ2n) is 4.91. The zero-order valence-corrected chi connectivity index (χ0v) is 12.6. The number of hydrogen-bond donors (Lipinski definition) is 1. The molecule has 0 spiro atoms. The number of aliphatic hydroxyl groups excluding tert-OH is 1. The maximum atomic E-state index is 11.3. The van der Waals surface area contributed by atoms with E-state index in [2.05, 4.69) is 14.9 Å². The lowest BCUT2D eigenvalue weighted by Gasteiger charge is -2.22. The highest BCUT2D eigenvalue weighted by Gasteiger charge is 2.27. The minimum atomic E-state index is -0.461. The average Bonchev–Trinajstić information content (AvgIpc) is 2.63. The van der Waals surface area contributed by atoms with Gasteiger partial charge in [-0.25, -0.2) is 4.98 Å². The SMILES string of the molecule is Cc1nc(Cl)nc(N2CCCN(CCO)CC2)c1[N+](=O)[O-]. The van der Waals surface area contributed by atoms with Crippen molar-refractivity contribution in [2.75, 3.05) is 44.2 Å². The molecule has 0 unspecified atom stereocenters. The quantitative estimate of drug-likeness (QED) is 0.500. The standard InChI is InChI=1S/C12H18ClN5O3/c1-9-10(18(20)21)11(15-12(13)14-9)17-4-2-3-16(5-6-17)7-8-19/h19H,2-8H2,1H3. The van der Waals surface area contributed by atoms with E-state index >= 15 is 0 Å². The van der Waals surface area contributed by atoms with Gasteiger partial charge in [0.05, 0.1) is 11.5 Å². The fourth-order valence-corrected chi connectivity index (χ4v) is 2.71. The number of aliphatic hydroxyl groups is 1. The van der Waals surface area contributed by atoms with Crippen LogP contribution in [0.25, 0.3) is 0 Å². The molecule has 1 aromatic rings. The van der Waals surface area contributed by atoms with Gasteiger partial charge >= 0.3 is 5.69 Å². The molecule has 8 nitrogen and oxygen atoms in total. The molecule has 0 radical (unpaired) electrons. The highest BCUT2D eigenvalue weighted by Crippen LogP contribution is 2.30. The van der Waals surface area contributed by atoms with Crippen LogP contribution in [0.4, 0.5) is 11.5 Å². The highest BCUT2D eigenvalue weighted by molar-refractivity contribution is 6.28. The molecule has 0 aliphatic carbocycles. The van der Waals surface area contributed by atoms with Crippen molar-refractivity contribution >= 4 is 23.1 Å². The van der Waals surface area contributed by atoms with Crippen LogP contribution in [-0.2, 0) is 0 Å². The van der Waals surface area contributed by atoms with Gasteiger partial charge in [0, 0.05) is 26.2 Å². The summed E-state index contributed by atoms with van der Waals surface area (Å²) in [5.41, 5.74) is 0.182. The van der Waals surface area contributed by atoms with Crippen LogP contribution >= 0.6 is 11.6 Å². The molecule has 0 bridgehead atoms. The number of anilines is 1. The molecule has 0 saturated carbocycles. The molecular formula is C12H18ClN5O3. The first-order valence-corrected chi connectivity index (χ1v) is 7.17. The van der Waals surface area contributed by atoms with E-state index in [1.807, 2.05) is 4.90 Å². The fourth-order valence-electron chi connectivity index (χ4n) is 2.50. The molecular weight excluding hydrogens is 298 g/mol. The van der Waals surface area contributed by atoms with Gasteiger partial charge in [0.2, 0.25) is 11.1 Å². The van der Waals surface area contributed by atoms with Gasteiger partial charge in [-0.3, -0.25) is 15.0 Å². The lowest BCUT2D eigenvalue weighted by molar-refractivity contribution is -0.385. The largest absolute Gasteiger partial charge is 0.395 e. The second kappa shape index (κ2) is 6.97. The minimum Gasteiger partial charge on any atom is -0.395 e. The summed E-state index contributed by atoms with van der Waals surface area (Å²) in [6.07, 6.45) is 0.845. The Morgan fingerprint density at radius 1 is 1.33 bits per heavy atom. The third-order valence-electron chi connectivity index (χ3n) is 3.50. The van der Waals surface area contributed by atoms with Crippen LogP contribution in [0.1, 0.15) is 12.1 Å². The monoisotopic (exact) mass is 315 g/mol. The van der Waals surface area contributed by atoms with Crippen LogP contribution in [0.15, 0.2) is 0 Å². The van der Waals surface area contributed by atoms with E-state index in [1.165, 1.54) is 0 Å². The lowest BCUT2D eigenvalue weighted by atomic mass is 10.3. The molecule has 1 fully saturated rings. The lowest BCUT2D eigenvalue weighted by Crippen LogP contribution is -2.33. The molecule has 1 saturated heterocycles. The van der Waals surface area contributed by atoms with Gasteiger partial charge in [-0.05, 0) is 31.5 Å². The van der Waals surface area contributed by atoms with Crippen molar-refractivity contribution in [3.63, 3.8) is 0 Å². The molecule has 21 heavy (non-hydrogen) atoms. The van der Waals surface area contributed by atoms with Gasteiger partial charge in [-0.15, -0.1) is 0 Å². The third kappa shape index (κ3) is 3.78. The van der Waals surface area contributed by atoms with Crippen molar-refractivity contribution in [3.8, 4) is 0 Å². The molecule has 1 aliphatic rings. The Labute approximate surface area is 127 Å². The summed E-state index contributed by atoms with van der Waals surface area (Å²) >= 11 is 5.85. The summed E-state index contributed by atoms with van der Waals surface area (Å²) in [6, 6.07) is 0. The molecule has 1 aliphatic heterocycles. The van der Waals surface area contributed by atoms with Crippen LogP contribution in [0.2, 0.25) is 5.28 Å². The van der Waals surface area contributed by atoms with E-state index in [1.54, 1.807) is 6.92 Å². The van der Waals surface area contributed by atoms with Crippen LogP contribution < -0.4 is 4.90 Å². The zero-order chi connectivity index (χ0) is 15.4. The van der Waals surface area contributed by atoms with Crippen LogP contribution in [0.5, 0.6) is 0 Å². The Balaban J connectivity index is 2.27. The maximum absolute atomic E-state index is 11.3. The molecule has 2 heterocycles. The van der Waals surface area contributed by atoms with E-state index in [0.29, 0.717) is 19.6 Å². The Morgan fingerprint density at radius 2 is 2.10 bits per heavy atom. The highest BCUT2D eigenvalue weighted by atomic mass is 35.5. The summed E-state index contributed by atoms with van der Waals surface area (Å²) in [4.78, 5) is 22.7. The van der Waals surface area contributed by atoms with E-state index in [4.69, 9.17) is 16.7 Å². The van der Waals surface area contributed by atoms with Gasteiger partial charge in [0.1, 0.15) is 5.69 Å². The first-order valence-electron chi connectivity index (χ1n) is 6.79. The van der Waals surface area contributed by atoms with E-state index < -0.39 is 4.92 Å². The van der Waals surface area contributed by atoms with Crippen molar-refractivity contribution in [2.45, 2.75) is 13.3 Å². The number of β-amino-alcohol motifs (C(OH)–C–C–N with tert-alkyl or cyclic N) is 1. The van der Waals surface area contributed by atoms with Gasteiger partial charge < -0.3 is 10.0 Å². The molecule has 1 N–H and O–H groups in total. The molecule has 0 aromatic carbocycles. The van der Waals surface area contributed by atoms with Crippen LogP contribution in [0, 0.1) is 17.0 Å². The van der Waals surface area contributed by atoms with Gasteiger partial charge in [0.15, 0.2) is 0 Å². The van der Waals surface area contributed by atoms with E-state index in [-0.39, 0.29) is 29.1 Å². The van der Waals surface area contributed by atoms with Gasteiger partial charge in [0.25, 0.3) is 0 Å². The molecule has 0 atom stereocenters. The Hall–Kier alpha value is -1.51. The number of nitro groups is 1. The summed E-state index contributed by atoms with van der Waals surface area (Å²) in [5, 5.41) is 20.3. The van der Waals surface area contributed by atoms with Crippen molar-refractivity contribution < 1.29 is 10.0 Å². The fraction of sp³-hybridized carbons (Fsp3) is 0.667. The number of halogens is 1. The van der Waals surface area contributed by atoms with Gasteiger partial charge in [-0.2, -0.15) is 4.98 Å². The first-order chi connectivity index (χ1) is 10.0. The first kappa shape index (κ1) is 15.9. The topological polar surface area (TPSA) is 95.6 Å². The molecule has 0 amide bonds. The molecule has 9 heteroatoms. The van der Waals surface area contributed by atoms with Crippen LogP contribution in [0.3, 0.4) is 0 Å². The Kier molecular flexibility index (Phi) is 5.27. The second-order valence-corrected chi connectivity index (χ2v) is 5.25. The summed E-state index contributed by atoms with van der Waals surface area (Å²) in [6.45, 7) is 5.12. The van der Waals surface area contributed by atoms with Gasteiger partial charge in [-0.1, -0.05) is 0 Å². The normalized spacial score (nSPS) is 16.8. The molecule has 1 aromatic heterocycles. The van der Waals surface area contributed by atoms with Crippen molar-refractivity contribution in [1.29, 1.82) is 0 Å². The van der Waals surface area contributed by atoms with Crippen molar-refractivity contribution in [3.05, 3.63) is 21.1 Å². The molecule has 116 valence electrons. The van der Waals surface area contributed by atoms with Crippen LogP contribution in [-0.4, -0.2) is 64.2 Å². The van der Waals surface area contributed by atoms with E-state index in [9.17, 15) is 10.1 Å². The predicted octanol–water partition coefficient (Wildman–Crippen LogP) is 0.851. The van der Waals surface area contributed by atoms with Crippen molar-refractivity contribution in [1.82, 2.24) is 14.9 Å². The third-order valence-corrected chi connectivity index (χ3v) is 3.67. The number of nitrogens with zero attached hydrogens (tertiary/aromatic N) is 5. The Morgan fingerprint density at radius 3 is 2.76 bits per heavy atom. The Bertz CT molecular complexity index is 528. The summed E-state index contributed by atoms with van der Waals surface area (Å²) in [7, 11) is 0. The number of hydrogen-bond acceptors (Lipinski definition) is 7. The summed E-state index contributed by atoms with van der Waals surface area (Å²) < 4.78 is 0. The average molecular weight is 316 g/mol. The minimum absolute atomic E-state index is 0.0181. The number of aromatic nitrogens is 2. The zero-order valence-electron chi connectivity index (χ0n) is 11.8. The number of rotatable bonds is 4. The molecule has 2 rings (SSSR count). The predicted molar refractivity (Wildman–Crippen MR) is 78.8 cm³/mol. The van der Waals surface area contributed by atoms with E-state index in [0.717, 1.165) is 19.5 Å². The maximum Gasteiger partial charge on any atom is 0.332 e. The summed E-state index contributed by atoms with van der Waals surface area (Å²) in [5.74, 6) is 0.281. The number of aryl methyl sites for hydroxylation is 1.